The summed E-state index contributed by atoms with van der Waals surface area (Å²) >= 11 is 5.91. The summed E-state index contributed by atoms with van der Waals surface area (Å²) in [6.07, 6.45) is 1.83. The standard InChI is InChI=1S/C16H21ClN4O4.ClH/c1-10(18)11-4-3-7-20(9-11)14(22)8-19-16(23)15-12(17)5-2-6-13(15)21(24)25;/h2,5-6,10-11H,3-4,7-9,18H2,1H3,(H,19,23);1H. The lowest BCUT2D eigenvalue weighted by Crippen LogP contribution is -2.48. The highest BCUT2D eigenvalue weighted by atomic mass is 35.5. The third-order valence-electron chi connectivity index (χ3n) is 4.37. The van der Waals surface area contributed by atoms with Crippen LogP contribution >= 0.6 is 24.0 Å². The zero-order valence-electron chi connectivity index (χ0n) is 14.3. The minimum absolute atomic E-state index is 0. The lowest BCUT2D eigenvalue weighted by atomic mass is 9.92. The molecule has 1 heterocycles. The Kier molecular flexibility index (Phi) is 8.26. The monoisotopic (exact) mass is 404 g/mol. The summed E-state index contributed by atoms with van der Waals surface area (Å²) in [5.41, 5.74) is 5.27. The Morgan fingerprint density at radius 1 is 1.50 bits per heavy atom. The number of nitrogens with two attached hydrogens (primary N) is 1. The fourth-order valence-corrected chi connectivity index (χ4v) is 3.17. The fraction of sp³-hybridized carbons (Fsp3) is 0.500. The molecule has 0 radical (unpaired) electrons. The Morgan fingerprint density at radius 3 is 2.81 bits per heavy atom. The molecule has 1 saturated heterocycles. The number of likely N-dealkylation sites (tertiary alicyclic amines) is 1. The number of nitrogens with one attached hydrogen (secondary N) is 1. The number of hydrogen-bond acceptors (Lipinski definition) is 5. The van der Waals surface area contributed by atoms with Crippen molar-refractivity contribution >= 4 is 41.5 Å². The van der Waals surface area contributed by atoms with Crippen molar-refractivity contribution in [3.63, 3.8) is 0 Å². The minimum atomic E-state index is -0.744. The second-order valence-corrected chi connectivity index (χ2v) is 6.58. The smallest absolute Gasteiger partial charge is 0.283 e. The Morgan fingerprint density at radius 2 is 2.19 bits per heavy atom. The predicted octanol–water partition coefficient (Wildman–Crippen LogP) is 1.99. The van der Waals surface area contributed by atoms with Crippen molar-refractivity contribution in [2.45, 2.75) is 25.8 Å². The van der Waals surface area contributed by atoms with E-state index in [9.17, 15) is 19.7 Å². The zero-order chi connectivity index (χ0) is 18.6. The van der Waals surface area contributed by atoms with Gasteiger partial charge in [0.05, 0.1) is 16.5 Å². The van der Waals surface area contributed by atoms with E-state index < -0.39 is 16.5 Å². The summed E-state index contributed by atoms with van der Waals surface area (Å²) in [4.78, 5) is 36.6. The SMILES string of the molecule is CC(N)C1CCCN(C(=O)CNC(=O)c2c(Cl)cccc2[N+](=O)[O-])C1.Cl. The van der Waals surface area contributed by atoms with Crippen molar-refractivity contribution in [2.24, 2.45) is 11.7 Å². The maximum atomic E-state index is 12.3. The van der Waals surface area contributed by atoms with Crippen LogP contribution in [0.2, 0.25) is 5.02 Å². The number of carbonyl (C=O) groups is 2. The average Bonchev–Trinajstić information content (AvgIpc) is 2.59. The van der Waals surface area contributed by atoms with Gasteiger partial charge >= 0.3 is 0 Å². The van der Waals surface area contributed by atoms with Gasteiger partial charge in [0.25, 0.3) is 11.6 Å². The van der Waals surface area contributed by atoms with Gasteiger partial charge < -0.3 is 16.0 Å². The van der Waals surface area contributed by atoms with Crippen molar-refractivity contribution in [2.75, 3.05) is 19.6 Å². The molecule has 0 bridgehead atoms. The Labute approximate surface area is 162 Å². The predicted molar refractivity (Wildman–Crippen MR) is 101 cm³/mol. The second kappa shape index (κ2) is 9.70. The van der Waals surface area contributed by atoms with E-state index in [1.54, 1.807) is 4.90 Å². The van der Waals surface area contributed by atoms with Crippen LogP contribution in [0.3, 0.4) is 0 Å². The van der Waals surface area contributed by atoms with Gasteiger partial charge in [-0.05, 0) is 31.7 Å². The molecule has 0 aromatic heterocycles. The van der Waals surface area contributed by atoms with Crippen LogP contribution in [0.1, 0.15) is 30.1 Å². The van der Waals surface area contributed by atoms with Gasteiger partial charge in [-0.3, -0.25) is 19.7 Å². The molecular weight excluding hydrogens is 383 g/mol. The molecule has 2 atom stereocenters. The quantitative estimate of drug-likeness (QED) is 0.574. The third-order valence-corrected chi connectivity index (χ3v) is 4.68. The molecule has 0 spiro atoms. The van der Waals surface area contributed by atoms with E-state index in [1.165, 1.54) is 18.2 Å². The molecule has 1 aliphatic heterocycles. The van der Waals surface area contributed by atoms with Crippen molar-refractivity contribution in [1.29, 1.82) is 0 Å². The largest absolute Gasteiger partial charge is 0.343 e. The molecule has 0 saturated carbocycles. The van der Waals surface area contributed by atoms with Crippen LogP contribution in [0.15, 0.2) is 18.2 Å². The number of nitro benzene ring substituents is 1. The number of piperidine rings is 1. The first-order valence-corrected chi connectivity index (χ1v) is 8.43. The summed E-state index contributed by atoms with van der Waals surface area (Å²) in [5.74, 6) is -0.752. The van der Waals surface area contributed by atoms with E-state index in [4.69, 9.17) is 17.3 Å². The van der Waals surface area contributed by atoms with Crippen molar-refractivity contribution in [3.8, 4) is 0 Å². The number of rotatable bonds is 5. The van der Waals surface area contributed by atoms with Crippen LogP contribution in [0, 0.1) is 16.0 Å². The first kappa shape index (κ1) is 22.1. The van der Waals surface area contributed by atoms with Crippen molar-refractivity contribution < 1.29 is 14.5 Å². The molecule has 1 aliphatic rings. The molecule has 26 heavy (non-hydrogen) atoms. The van der Waals surface area contributed by atoms with Crippen LogP contribution in [-0.4, -0.2) is 47.3 Å². The molecule has 1 aromatic carbocycles. The van der Waals surface area contributed by atoms with Gasteiger partial charge in [0, 0.05) is 25.2 Å². The lowest BCUT2D eigenvalue weighted by molar-refractivity contribution is -0.385. The van der Waals surface area contributed by atoms with Gasteiger partial charge in [-0.15, -0.1) is 12.4 Å². The molecule has 2 rings (SSSR count). The van der Waals surface area contributed by atoms with Gasteiger partial charge in [-0.2, -0.15) is 0 Å². The van der Waals surface area contributed by atoms with E-state index >= 15 is 0 Å². The number of nitro groups is 1. The van der Waals surface area contributed by atoms with Crippen molar-refractivity contribution in [1.82, 2.24) is 10.2 Å². The van der Waals surface area contributed by atoms with E-state index in [1.807, 2.05) is 6.92 Å². The lowest BCUT2D eigenvalue weighted by Gasteiger charge is -2.34. The van der Waals surface area contributed by atoms with Gasteiger partial charge in [0.2, 0.25) is 5.91 Å². The molecule has 3 N–H and O–H groups in total. The van der Waals surface area contributed by atoms with Gasteiger partial charge in [-0.25, -0.2) is 0 Å². The Balaban J connectivity index is 0.00000338. The second-order valence-electron chi connectivity index (χ2n) is 6.17. The van der Waals surface area contributed by atoms with Crippen LogP contribution in [0.25, 0.3) is 0 Å². The summed E-state index contributed by atoms with van der Waals surface area (Å²) < 4.78 is 0. The van der Waals surface area contributed by atoms with Gasteiger partial charge in [-0.1, -0.05) is 17.7 Å². The summed E-state index contributed by atoms with van der Waals surface area (Å²) in [6.45, 7) is 2.84. The van der Waals surface area contributed by atoms with E-state index in [0.29, 0.717) is 13.1 Å². The Bertz CT molecular complexity index is 684. The first-order valence-electron chi connectivity index (χ1n) is 8.05. The number of carbonyl (C=O) groups excluding carboxylic acids is 2. The first-order chi connectivity index (χ1) is 11.8. The van der Waals surface area contributed by atoms with Crippen LogP contribution < -0.4 is 11.1 Å². The highest BCUT2D eigenvalue weighted by Crippen LogP contribution is 2.26. The molecule has 2 unspecified atom stereocenters. The van der Waals surface area contributed by atoms with Crippen molar-refractivity contribution in [3.05, 3.63) is 38.9 Å². The Hall–Kier alpha value is -1.90. The highest BCUT2D eigenvalue weighted by Gasteiger charge is 2.27. The normalized spacial score (nSPS) is 17.8. The molecule has 2 amide bonds. The van der Waals surface area contributed by atoms with E-state index in [2.05, 4.69) is 5.32 Å². The summed E-state index contributed by atoms with van der Waals surface area (Å²) in [5, 5.41) is 13.4. The molecule has 1 fully saturated rings. The zero-order valence-corrected chi connectivity index (χ0v) is 15.9. The van der Waals surface area contributed by atoms with E-state index in [-0.39, 0.29) is 47.4 Å². The number of hydrogen-bond donors (Lipinski definition) is 2. The summed E-state index contributed by atoms with van der Waals surface area (Å²) in [7, 11) is 0. The molecule has 8 nitrogen and oxygen atoms in total. The van der Waals surface area contributed by atoms with Crippen LogP contribution in [0.5, 0.6) is 0 Å². The number of nitrogens with zero attached hydrogens (tertiary/aromatic N) is 2. The summed E-state index contributed by atoms with van der Waals surface area (Å²) in [6, 6.07) is 3.98. The fourth-order valence-electron chi connectivity index (χ4n) is 2.91. The van der Waals surface area contributed by atoms with E-state index in [0.717, 1.165) is 12.8 Å². The van der Waals surface area contributed by atoms with Crippen LogP contribution in [-0.2, 0) is 4.79 Å². The van der Waals surface area contributed by atoms with Gasteiger partial charge in [0.1, 0.15) is 5.56 Å². The number of halogens is 2. The molecule has 10 heteroatoms. The minimum Gasteiger partial charge on any atom is -0.343 e. The number of benzene rings is 1. The maximum absolute atomic E-state index is 12.3. The molecule has 144 valence electrons. The maximum Gasteiger partial charge on any atom is 0.283 e. The molecule has 1 aromatic rings. The highest BCUT2D eigenvalue weighted by molar-refractivity contribution is 6.34. The topological polar surface area (TPSA) is 119 Å². The number of amides is 2. The van der Waals surface area contributed by atoms with Crippen LogP contribution in [0.4, 0.5) is 5.69 Å². The molecular formula is C16H22Cl2N4O4. The molecule has 0 aliphatic carbocycles. The van der Waals surface area contributed by atoms with Gasteiger partial charge in [0.15, 0.2) is 0 Å². The third kappa shape index (κ3) is 5.30. The average molecular weight is 405 g/mol.